The number of nitrogens with zero attached hydrogens (tertiary/aromatic N) is 4. The van der Waals surface area contributed by atoms with E-state index in [-0.39, 0.29) is 53.4 Å². The van der Waals surface area contributed by atoms with Gasteiger partial charge < -0.3 is 19.0 Å². The third-order valence-corrected chi connectivity index (χ3v) is 16.8. The summed E-state index contributed by atoms with van der Waals surface area (Å²) < 4.78 is 39.8. The summed E-state index contributed by atoms with van der Waals surface area (Å²) in [7, 11) is -2.99. The summed E-state index contributed by atoms with van der Waals surface area (Å²) in [4.78, 5) is 32.3. The normalized spacial score (nSPS) is 17.8. The summed E-state index contributed by atoms with van der Waals surface area (Å²) in [5.41, 5.74) is 3.00. The summed E-state index contributed by atoms with van der Waals surface area (Å²) in [6.45, 7) is 8.30. The first kappa shape index (κ1) is 39.7. The molecule has 0 aliphatic carbocycles. The Morgan fingerprint density at radius 1 is 0.929 bits per heavy atom. The average Bonchev–Trinajstić information content (AvgIpc) is 3.55. The van der Waals surface area contributed by atoms with E-state index in [2.05, 4.69) is 49.8 Å². The molecular weight excluding hydrogens is 773 g/mol. The molecular formula is C43H44Cl2F2N4O4Si. The fraction of sp³-hybridized carbons (Fsp3) is 0.326. The summed E-state index contributed by atoms with van der Waals surface area (Å²) in [6.07, 6.45) is 0.444. The lowest BCUT2D eigenvalue weighted by molar-refractivity contribution is -0.0498. The standard InChI is InChI=1S/C43H44Cl2F2N4O4Si/c1-27-22-38-35(25-49(27)40(52)30-18-21-36(44)37(45)23-30)39-41(53)50(28(2)29-16-19-32(20-17-29)55-42(46)47)24-31(51(39)48-38)26-54-56(43(3,4)5,33-12-8-6-9-13-33)34-14-10-7-11-15-34/h6-21,23,27-28,31,42H,22,24-26H2,1-5H3/t27-,28+,31+/m1/s1. The number of hydrogen-bond acceptors (Lipinski definition) is 5. The lowest BCUT2D eigenvalue weighted by Gasteiger charge is -2.45. The number of carbonyl (C=O) groups excluding carboxylic acids is 2. The zero-order valence-corrected chi connectivity index (χ0v) is 34.4. The molecule has 2 aliphatic heterocycles. The molecule has 56 heavy (non-hydrogen) atoms. The Balaban J connectivity index is 1.30. The van der Waals surface area contributed by atoms with Gasteiger partial charge in [0.2, 0.25) is 0 Å². The first-order valence-corrected chi connectivity index (χ1v) is 21.3. The van der Waals surface area contributed by atoms with Gasteiger partial charge in [0.15, 0.2) is 0 Å². The van der Waals surface area contributed by atoms with Crippen LogP contribution in [0.5, 0.6) is 5.75 Å². The third-order valence-electron chi connectivity index (χ3n) is 11.0. The molecule has 0 N–H and O–H groups in total. The van der Waals surface area contributed by atoms with Crippen LogP contribution < -0.4 is 15.1 Å². The highest BCUT2D eigenvalue weighted by Crippen LogP contribution is 2.40. The maximum absolute atomic E-state index is 14.8. The van der Waals surface area contributed by atoms with Crippen molar-refractivity contribution in [1.82, 2.24) is 19.6 Å². The van der Waals surface area contributed by atoms with Gasteiger partial charge >= 0.3 is 6.61 Å². The molecule has 0 saturated heterocycles. The van der Waals surface area contributed by atoms with Gasteiger partial charge in [0.1, 0.15) is 11.4 Å². The second-order valence-corrected chi connectivity index (χ2v) is 20.7. The van der Waals surface area contributed by atoms with Gasteiger partial charge in [-0.05, 0) is 65.2 Å². The van der Waals surface area contributed by atoms with Crippen molar-refractivity contribution in [3.63, 3.8) is 0 Å². The van der Waals surface area contributed by atoms with Crippen LogP contribution in [0, 0.1) is 0 Å². The Morgan fingerprint density at radius 2 is 1.55 bits per heavy atom. The van der Waals surface area contributed by atoms with Crippen LogP contribution in [-0.2, 0) is 17.4 Å². The van der Waals surface area contributed by atoms with E-state index in [9.17, 15) is 18.4 Å². The van der Waals surface area contributed by atoms with Crippen LogP contribution in [0.2, 0.25) is 15.1 Å². The number of carbonyl (C=O) groups is 2. The SMILES string of the molecule is C[C@@H]1Cc2nn3c(c2CN1C(=O)c1ccc(Cl)c(Cl)c1)C(=O)N([C@@H](C)c1ccc(OC(F)F)cc1)C[C@H]3CO[Si](c1ccccc1)(c1ccccc1)C(C)(C)C. The van der Waals surface area contributed by atoms with Gasteiger partial charge in [0.05, 0.1) is 41.0 Å². The maximum atomic E-state index is 14.8. The molecule has 5 aromatic rings. The highest BCUT2D eigenvalue weighted by molar-refractivity contribution is 6.99. The van der Waals surface area contributed by atoms with Gasteiger partial charge in [-0.3, -0.25) is 14.3 Å². The van der Waals surface area contributed by atoms with E-state index >= 15 is 0 Å². The van der Waals surface area contributed by atoms with Crippen molar-refractivity contribution in [2.75, 3.05) is 13.2 Å². The van der Waals surface area contributed by atoms with Gasteiger partial charge in [-0.1, -0.05) is 117 Å². The number of ether oxygens (including phenoxy) is 1. The Bertz CT molecular complexity index is 2180. The summed E-state index contributed by atoms with van der Waals surface area (Å²) in [5.74, 6) is -0.435. The molecule has 292 valence electrons. The second kappa shape index (κ2) is 15.8. The molecule has 3 atom stereocenters. The van der Waals surface area contributed by atoms with E-state index < -0.39 is 27.0 Å². The largest absolute Gasteiger partial charge is 0.435 e. The highest BCUT2D eigenvalue weighted by Gasteiger charge is 2.51. The number of hydrogen-bond donors (Lipinski definition) is 0. The first-order valence-electron chi connectivity index (χ1n) is 18.7. The topological polar surface area (TPSA) is 76.9 Å². The van der Waals surface area contributed by atoms with Crippen molar-refractivity contribution in [2.24, 2.45) is 0 Å². The molecule has 0 bridgehead atoms. The number of halogens is 4. The molecule has 2 amide bonds. The average molecular weight is 818 g/mol. The molecule has 0 fully saturated rings. The van der Waals surface area contributed by atoms with E-state index in [0.29, 0.717) is 28.3 Å². The number of fused-ring (bicyclic) bond motifs is 3. The fourth-order valence-corrected chi connectivity index (χ4v) is 13.1. The second-order valence-electron chi connectivity index (χ2n) is 15.5. The zero-order valence-electron chi connectivity index (χ0n) is 31.9. The number of alkyl halides is 2. The lowest BCUT2D eigenvalue weighted by Crippen LogP contribution is -2.67. The van der Waals surface area contributed by atoms with Crippen molar-refractivity contribution >= 4 is 53.7 Å². The zero-order chi connectivity index (χ0) is 39.9. The van der Waals surface area contributed by atoms with E-state index in [1.807, 2.05) is 54.9 Å². The summed E-state index contributed by atoms with van der Waals surface area (Å²) >= 11 is 12.5. The molecule has 1 aromatic heterocycles. The quantitative estimate of drug-likeness (QED) is 0.132. The molecule has 0 unspecified atom stereocenters. The Kier molecular flexibility index (Phi) is 11.2. The molecule has 13 heteroatoms. The lowest BCUT2D eigenvalue weighted by atomic mass is 9.96. The van der Waals surface area contributed by atoms with Crippen LogP contribution in [0.1, 0.15) is 84.4 Å². The number of aromatic nitrogens is 2. The van der Waals surface area contributed by atoms with Crippen molar-refractivity contribution in [3.05, 3.63) is 141 Å². The molecule has 0 spiro atoms. The third kappa shape index (κ3) is 7.37. The summed E-state index contributed by atoms with van der Waals surface area (Å²) in [6, 6.07) is 30.9. The Hall–Kier alpha value is -4.55. The summed E-state index contributed by atoms with van der Waals surface area (Å²) in [5, 5.41) is 7.73. The van der Waals surface area contributed by atoms with Crippen LogP contribution in [-0.4, -0.2) is 65.5 Å². The van der Waals surface area contributed by atoms with Crippen molar-refractivity contribution in [3.8, 4) is 5.75 Å². The molecule has 7 rings (SSSR count). The van der Waals surface area contributed by atoms with E-state index in [1.54, 1.807) is 40.1 Å². The number of amides is 2. The molecule has 0 radical (unpaired) electrons. The van der Waals surface area contributed by atoms with Crippen LogP contribution in [0.15, 0.2) is 103 Å². The van der Waals surface area contributed by atoms with E-state index in [4.69, 9.17) is 32.7 Å². The predicted octanol–water partition coefficient (Wildman–Crippen LogP) is 8.71. The minimum absolute atomic E-state index is 0.0329. The van der Waals surface area contributed by atoms with Crippen LogP contribution >= 0.6 is 23.2 Å². The minimum atomic E-state index is -2.99. The van der Waals surface area contributed by atoms with Gasteiger partial charge in [0.25, 0.3) is 20.1 Å². The van der Waals surface area contributed by atoms with Crippen molar-refractivity contribution in [2.45, 2.75) is 77.4 Å². The van der Waals surface area contributed by atoms with E-state index in [1.165, 1.54) is 12.1 Å². The van der Waals surface area contributed by atoms with Crippen molar-refractivity contribution in [1.29, 1.82) is 0 Å². The van der Waals surface area contributed by atoms with Gasteiger partial charge in [-0.25, -0.2) is 0 Å². The van der Waals surface area contributed by atoms with Gasteiger partial charge in [-0.2, -0.15) is 13.9 Å². The predicted molar refractivity (Wildman–Crippen MR) is 217 cm³/mol. The van der Waals surface area contributed by atoms with Crippen LogP contribution in [0.25, 0.3) is 0 Å². The van der Waals surface area contributed by atoms with Crippen molar-refractivity contribution < 1.29 is 27.5 Å². The maximum Gasteiger partial charge on any atom is 0.387 e. The fourth-order valence-electron chi connectivity index (χ4n) is 8.19. The van der Waals surface area contributed by atoms with Crippen LogP contribution in [0.3, 0.4) is 0 Å². The van der Waals surface area contributed by atoms with Crippen LogP contribution in [0.4, 0.5) is 8.78 Å². The number of benzene rings is 4. The monoisotopic (exact) mass is 816 g/mol. The molecule has 3 heterocycles. The minimum Gasteiger partial charge on any atom is -0.435 e. The Labute approximate surface area is 337 Å². The molecule has 4 aromatic carbocycles. The molecule has 0 saturated carbocycles. The van der Waals surface area contributed by atoms with Gasteiger partial charge in [0, 0.05) is 30.1 Å². The smallest absolute Gasteiger partial charge is 0.387 e. The number of rotatable bonds is 10. The van der Waals surface area contributed by atoms with E-state index in [0.717, 1.165) is 21.6 Å². The highest BCUT2D eigenvalue weighted by atomic mass is 35.5. The molecule has 2 aliphatic rings. The first-order chi connectivity index (χ1) is 26.7. The molecule has 8 nitrogen and oxygen atoms in total. The van der Waals surface area contributed by atoms with Gasteiger partial charge in [-0.15, -0.1) is 0 Å². The Morgan fingerprint density at radius 3 is 2.12 bits per heavy atom.